The number of nitrogens with zero attached hydrogens (tertiary/aromatic N) is 2. The Labute approximate surface area is 184 Å². The maximum absolute atomic E-state index is 14.0. The van der Waals surface area contributed by atoms with Crippen molar-refractivity contribution in [2.45, 2.75) is 0 Å². The zero-order valence-electron chi connectivity index (χ0n) is 15.9. The number of carbonyl (C=O) groups excluding carboxylic acids is 1. The summed E-state index contributed by atoms with van der Waals surface area (Å²) in [7, 11) is 1.43. The van der Waals surface area contributed by atoms with Crippen LogP contribution >= 0.6 is 23.8 Å². The molecule has 0 bridgehead atoms. The third kappa shape index (κ3) is 4.52. The molecule has 1 aliphatic rings. The highest BCUT2D eigenvalue weighted by Crippen LogP contribution is 2.31. The Morgan fingerprint density at radius 1 is 1.00 bits per heavy atom. The zero-order valence-corrected chi connectivity index (χ0v) is 17.5. The molecule has 1 heterocycles. The molecule has 0 aliphatic carbocycles. The van der Waals surface area contributed by atoms with E-state index in [0.717, 1.165) is 4.90 Å². The fourth-order valence-corrected chi connectivity index (χ4v) is 3.59. The number of amides is 1. The topological polar surface area (TPSA) is 44.8 Å². The monoisotopic (exact) mass is 479 g/mol. The Kier molecular flexibility index (Phi) is 6.85. The van der Waals surface area contributed by atoms with Crippen molar-refractivity contribution in [3.8, 4) is 5.75 Å². The number of hydrogen-bond donors (Lipinski definition) is 1. The lowest BCUT2D eigenvalue weighted by atomic mass is 10.2. The van der Waals surface area contributed by atoms with Gasteiger partial charge in [-0.25, -0.2) is 22.0 Å². The number of hydrogen-bond acceptors (Lipinski definition) is 4. The molecule has 0 aromatic heterocycles. The number of anilines is 1. The predicted octanol–water partition coefficient (Wildman–Crippen LogP) is 3.88. The van der Waals surface area contributed by atoms with Crippen LogP contribution < -0.4 is 15.0 Å². The van der Waals surface area contributed by atoms with Gasteiger partial charge in [0.15, 0.2) is 28.4 Å². The van der Waals surface area contributed by atoms with Gasteiger partial charge < -0.3 is 14.5 Å². The van der Waals surface area contributed by atoms with Crippen molar-refractivity contribution in [2.75, 3.05) is 38.2 Å². The van der Waals surface area contributed by atoms with E-state index < -0.39 is 40.7 Å². The third-order valence-corrected chi connectivity index (χ3v) is 5.36. The van der Waals surface area contributed by atoms with Crippen molar-refractivity contribution < 1.29 is 31.5 Å². The highest BCUT2D eigenvalue weighted by Gasteiger charge is 2.31. The van der Waals surface area contributed by atoms with Crippen LogP contribution in [0.25, 0.3) is 0 Å². The highest BCUT2D eigenvalue weighted by atomic mass is 35.5. The van der Waals surface area contributed by atoms with Crippen LogP contribution in [-0.4, -0.2) is 49.2 Å². The van der Waals surface area contributed by atoms with Crippen molar-refractivity contribution in [3.63, 3.8) is 0 Å². The fraction of sp³-hybridized carbons (Fsp3) is 0.263. The molecule has 0 saturated carbocycles. The molecule has 2 aromatic carbocycles. The fourth-order valence-electron chi connectivity index (χ4n) is 3.06. The number of thiocarbonyl (C=S) groups is 1. The second-order valence-corrected chi connectivity index (χ2v) is 7.30. The molecule has 0 radical (unpaired) electrons. The molecule has 0 unspecified atom stereocenters. The Morgan fingerprint density at radius 3 is 2.06 bits per heavy atom. The molecule has 0 spiro atoms. The number of carbonyl (C=O) groups is 1. The summed E-state index contributed by atoms with van der Waals surface area (Å²) in [6, 6.07) is 4.41. The largest absolute Gasteiger partial charge is 0.495 e. The zero-order chi connectivity index (χ0) is 22.9. The lowest BCUT2D eigenvalue weighted by Gasteiger charge is -2.37. The number of piperazine rings is 1. The molecule has 1 amide bonds. The summed E-state index contributed by atoms with van der Waals surface area (Å²) >= 11 is 11.2. The first-order chi connectivity index (χ1) is 14.6. The first-order valence-electron chi connectivity index (χ1n) is 8.85. The van der Waals surface area contributed by atoms with Crippen LogP contribution in [0.4, 0.5) is 27.6 Å². The van der Waals surface area contributed by atoms with Gasteiger partial charge in [0.25, 0.3) is 5.91 Å². The van der Waals surface area contributed by atoms with E-state index in [1.165, 1.54) is 25.3 Å². The van der Waals surface area contributed by atoms with Gasteiger partial charge in [-0.1, -0.05) is 11.6 Å². The Bertz CT molecular complexity index is 1020. The Hall–Kier alpha value is -2.66. The lowest BCUT2D eigenvalue weighted by Crippen LogP contribution is -2.53. The average molecular weight is 480 g/mol. The van der Waals surface area contributed by atoms with Gasteiger partial charge in [-0.2, -0.15) is 0 Å². The predicted molar refractivity (Wildman–Crippen MR) is 108 cm³/mol. The summed E-state index contributed by atoms with van der Waals surface area (Å²) < 4.78 is 73.2. The van der Waals surface area contributed by atoms with Crippen LogP contribution in [0, 0.1) is 29.1 Å². The van der Waals surface area contributed by atoms with E-state index in [2.05, 4.69) is 5.32 Å². The molecule has 5 nitrogen and oxygen atoms in total. The molecule has 1 fully saturated rings. The van der Waals surface area contributed by atoms with E-state index in [4.69, 9.17) is 28.6 Å². The number of rotatable bonds is 3. The van der Waals surface area contributed by atoms with E-state index in [9.17, 15) is 26.7 Å². The molecular formula is C19H15ClF5N3O2S. The van der Waals surface area contributed by atoms with Gasteiger partial charge in [0, 0.05) is 31.7 Å². The third-order valence-electron chi connectivity index (χ3n) is 4.70. The van der Waals surface area contributed by atoms with Crippen molar-refractivity contribution in [1.82, 2.24) is 10.2 Å². The van der Waals surface area contributed by atoms with E-state index >= 15 is 0 Å². The number of halogens is 6. The minimum absolute atomic E-state index is 0.0500. The summed E-state index contributed by atoms with van der Waals surface area (Å²) in [5, 5.41) is 2.80. The van der Waals surface area contributed by atoms with E-state index in [0.29, 0.717) is 5.75 Å². The van der Waals surface area contributed by atoms with Crippen molar-refractivity contribution >= 4 is 40.5 Å². The van der Waals surface area contributed by atoms with Gasteiger partial charge in [0.05, 0.1) is 12.1 Å². The van der Waals surface area contributed by atoms with E-state index in [1.807, 2.05) is 0 Å². The summed E-state index contributed by atoms with van der Waals surface area (Å²) in [6.45, 7) is 0.00933. The first-order valence-corrected chi connectivity index (χ1v) is 9.64. The summed E-state index contributed by atoms with van der Waals surface area (Å²) in [4.78, 5) is 15.0. The SMILES string of the molecule is COc1ccc(C(=O)NC(=S)N2CCN(c3c(F)c(F)c(F)c(F)c3F)CC2)cc1Cl. The molecule has 166 valence electrons. The molecule has 12 heteroatoms. The van der Waals surface area contributed by atoms with E-state index in [-0.39, 0.29) is 41.9 Å². The van der Waals surface area contributed by atoms with Crippen molar-refractivity contribution in [2.24, 2.45) is 0 Å². The molecular weight excluding hydrogens is 465 g/mol. The van der Waals surface area contributed by atoms with Crippen LogP contribution in [0.15, 0.2) is 18.2 Å². The maximum atomic E-state index is 14.0. The molecule has 0 atom stereocenters. The number of ether oxygens (including phenoxy) is 1. The van der Waals surface area contributed by atoms with Crippen LogP contribution in [0.3, 0.4) is 0 Å². The van der Waals surface area contributed by atoms with Crippen LogP contribution in [0.1, 0.15) is 10.4 Å². The second kappa shape index (κ2) is 9.23. The van der Waals surface area contributed by atoms with Gasteiger partial charge in [-0.15, -0.1) is 0 Å². The lowest BCUT2D eigenvalue weighted by molar-refractivity contribution is 0.0973. The van der Waals surface area contributed by atoms with Gasteiger partial charge >= 0.3 is 0 Å². The summed E-state index contributed by atoms with van der Waals surface area (Å²) in [6.07, 6.45) is 0. The van der Waals surface area contributed by atoms with Gasteiger partial charge in [0.1, 0.15) is 11.4 Å². The van der Waals surface area contributed by atoms with Crippen LogP contribution in [-0.2, 0) is 0 Å². The second-order valence-electron chi connectivity index (χ2n) is 6.50. The average Bonchev–Trinajstić information content (AvgIpc) is 2.76. The minimum atomic E-state index is -2.21. The minimum Gasteiger partial charge on any atom is -0.495 e. The van der Waals surface area contributed by atoms with Crippen LogP contribution in [0.2, 0.25) is 5.02 Å². The standard InChI is InChI=1S/C19H15ClF5N3O2S/c1-30-11-3-2-9(8-10(11)20)18(29)26-19(31)28-6-4-27(5-7-28)17-15(24)13(22)12(21)14(23)16(17)25/h2-3,8H,4-7H2,1H3,(H,26,29,31). The summed E-state index contributed by atoms with van der Waals surface area (Å²) in [5.74, 6) is -10.1. The molecule has 1 saturated heterocycles. The first kappa shape index (κ1) is 23.0. The maximum Gasteiger partial charge on any atom is 0.257 e. The normalized spacial score (nSPS) is 13.9. The Balaban J connectivity index is 1.66. The van der Waals surface area contributed by atoms with Crippen molar-refractivity contribution in [1.29, 1.82) is 0 Å². The van der Waals surface area contributed by atoms with Gasteiger partial charge in [0.2, 0.25) is 5.82 Å². The van der Waals surface area contributed by atoms with Crippen molar-refractivity contribution in [3.05, 3.63) is 57.9 Å². The van der Waals surface area contributed by atoms with Gasteiger partial charge in [-0.3, -0.25) is 10.1 Å². The van der Waals surface area contributed by atoms with Gasteiger partial charge in [-0.05, 0) is 30.4 Å². The molecule has 3 rings (SSSR count). The number of benzene rings is 2. The molecule has 2 aromatic rings. The molecule has 1 N–H and O–H groups in total. The highest BCUT2D eigenvalue weighted by molar-refractivity contribution is 7.80. The smallest absolute Gasteiger partial charge is 0.257 e. The van der Waals surface area contributed by atoms with Crippen LogP contribution in [0.5, 0.6) is 5.75 Å². The molecule has 31 heavy (non-hydrogen) atoms. The number of nitrogens with one attached hydrogen (secondary N) is 1. The van der Waals surface area contributed by atoms with E-state index in [1.54, 1.807) is 4.90 Å². The Morgan fingerprint density at radius 2 is 1.55 bits per heavy atom. The number of methoxy groups -OCH3 is 1. The summed E-state index contributed by atoms with van der Waals surface area (Å²) in [5.41, 5.74) is -0.757. The quantitative estimate of drug-likeness (QED) is 0.313. The molecule has 1 aliphatic heterocycles.